The number of nitrogens with zero attached hydrogens (tertiary/aromatic N) is 3. The van der Waals surface area contributed by atoms with E-state index in [9.17, 15) is 8.42 Å². The second-order valence-corrected chi connectivity index (χ2v) is 8.39. The molecule has 6 nitrogen and oxygen atoms in total. The second kappa shape index (κ2) is 7.04. The van der Waals surface area contributed by atoms with E-state index in [0.717, 1.165) is 18.1 Å². The molecule has 0 aromatic carbocycles. The van der Waals surface area contributed by atoms with Crippen LogP contribution in [0.3, 0.4) is 0 Å². The first-order chi connectivity index (χ1) is 9.91. The summed E-state index contributed by atoms with van der Waals surface area (Å²) in [6.07, 6.45) is 4.31. The lowest BCUT2D eigenvalue weighted by Crippen LogP contribution is -2.48. The predicted molar refractivity (Wildman–Crippen MR) is 87.5 cm³/mol. The fraction of sp³-hybridized carbons (Fsp3) is 0.769. The molecule has 120 valence electrons. The van der Waals surface area contributed by atoms with Gasteiger partial charge in [-0.25, -0.2) is 13.4 Å². The van der Waals surface area contributed by atoms with Crippen molar-refractivity contribution in [2.45, 2.75) is 26.3 Å². The average molecular weight is 332 g/mol. The van der Waals surface area contributed by atoms with E-state index in [4.69, 9.17) is 0 Å². The molecule has 0 bridgehead atoms. The van der Waals surface area contributed by atoms with Crippen molar-refractivity contribution in [3.05, 3.63) is 11.1 Å². The van der Waals surface area contributed by atoms with Crippen LogP contribution in [0.1, 0.15) is 31.2 Å². The minimum absolute atomic E-state index is 0.313. The minimum atomic E-state index is -3.07. The van der Waals surface area contributed by atoms with Gasteiger partial charge in [0.25, 0.3) is 0 Å². The van der Waals surface area contributed by atoms with Crippen molar-refractivity contribution in [3.8, 4) is 0 Å². The van der Waals surface area contributed by atoms with Gasteiger partial charge in [0.05, 0.1) is 6.26 Å². The number of sulfonamides is 1. The third-order valence-electron chi connectivity index (χ3n) is 3.62. The van der Waals surface area contributed by atoms with Crippen LogP contribution in [0.5, 0.6) is 0 Å². The summed E-state index contributed by atoms with van der Waals surface area (Å²) in [5.74, 6) is 0. The minimum Gasteiger partial charge on any atom is -0.345 e. The van der Waals surface area contributed by atoms with Gasteiger partial charge in [0.2, 0.25) is 10.0 Å². The first kappa shape index (κ1) is 16.7. The fourth-order valence-electron chi connectivity index (χ4n) is 2.30. The molecule has 21 heavy (non-hydrogen) atoms. The van der Waals surface area contributed by atoms with Crippen molar-refractivity contribution in [3.63, 3.8) is 0 Å². The number of thiazole rings is 1. The van der Waals surface area contributed by atoms with Crippen molar-refractivity contribution in [1.82, 2.24) is 14.6 Å². The largest absolute Gasteiger partial charge is 0.345 e. The topological polar surface area (TPSA) is 65.5 Å². The molecule has 2 heterocycles. The Kier molecular flexibility index (Phi) is 5.59. The van der Waals surface area contributed by atoms with Gasteiger partial charge in [0.1, 0.15) is 0 Å². The molecule has 2 rings (SSSR count). The Morgan fingerprint density at radius 3 is 2.62 bits per heavy atom. The van der Waals surface area contributed by atoms with Crippen LogP contribution in [-0.4, -0.2) is 56.7 Å². The molecule has 1 aromatic rings. The molecule has 1 aliphatic rings. The van der Waals surface area contributed by atoms with E-state index in [1.165, 1.54) is 15.4 Å². The maximum atomic E-state index is 11.5. The lowest BCUT2D eigenvalue weighted by atomic mass is 10.3. The van der Waals surface area contributed by atoms with E-state index in [0.29, 0.717) is 32.2 Å². The smallest absolute Gasteiger partial charge is 0.211 e. The normalized spacial score (nSPS) is 18.9. The lowest BCUT2D eigenvalue weighted by Gasteiger charge is -2.32. The van der Waals surface area contributed by atoms with Gasteiger partial charge in [0, 0.05) is 43.3 Å². The fourth-order valence-corrected chi connectivity index (χ4v) is 4.12. The van der Waals surface area contributed by atoms with Crippen LogP contribution >= 0.6 is 11.3 Å². The maximum Gasteiger partial charge on any atom is 0.211 e. The summed E-state index contributed by atoms with van der Waals surface area (Å²) in [4.78, 5) is 7.89. The third-order valence-corrected chi connectivity index (χ3v) is 6.16. The summed E-state index contributed by atoms with van der Waals surface area (Å²) in [5, 5.41) is 4.45. The highest BCUT2D eigenvalue weighted by molar-refractivity contribution is 7.88. The van der Waals surface area contributed by atoms with Crippen molar-refractivity contribution < 1.29 is 8.42 Å². The van der Waals surface area contributed by atoms with Gasteiger partial charge in [-0.05, 0) is 19.9 Å². The molecule has 1 aliphatic heterocycles. The van der Waals surface area contributed by atoms with E-state index in [-0.39, 0.29) is 0 Å². The Labute approximate surface area is 131 Å². The molecule has 1 saturated heterocycles. The highest BCUT2D eigenvalue weighted by atomic mass is 32.2. The van der Waals surface area contributed by atoms with Gasteiger partial charge in [0.15, 0.2) is 5.13 Å². The first-order valence-corrected chi connectivity index (χ1v) is 9.97. The molecule has 0 aliphatic carbocycles. The maximum absolute atomic E-state index is 11.5. The number of hydrogen-bond acceptors (Lipinski definition) is 6. The lowest BCUT2D eigenvalue weighted by molar-refractivity contribution is 0.388. The van der Waals surface area contributed by atoms with E-state index >= 15 is 0 Å². The molecule has 8 heteroatoms. The summed E-state index contributed by atoms with van der Waals surface area (Å²) >= 11 is 1.69. The zero-order chi connectivity index (χ0) is 15.5. The summed E-state index contributed by atoms with van der Waals surface area (Å²) in [5.41, 5.74) is 0. The number of rotatable bonds is 6. The van der Waals surface area contributed by atoms with Crippen LogP contribution in [-0.2, 0) is 10.0 Å². The van der Waals surface area contributed by atoms with Crippen molar-refractivity contribution >= 4 is 26.5 Å². The Balaban J connectivity index is 1.94. The van der Waals surface area contributed by atoms with Gasteiger partial charge in [-0.1, -0.05) is 6.92 Å². The monoisotopic (exact) mass is 332 g/mol. The van der Waals surface area contributed by atoms with E-state index in [2.05, 4.69) is 29.0 Å². The second-order valence-electron chi connectivity index (χ2n) is 5.37. The number of piperazine rings is 1. The molecule has 0 spiro atoms. The summed E-state index contributed by atoms with van der Waals surface area (Å²) in [6, 6.07) is 0.313. The van der Waals surface area contributed by atoms with Crippen molar-refractivity contribution in [2.24, 2.45) is 0 Å². The van der Waals surface area contributed by atoms with Crippen LogP contribution in [0, 0.1) is 0 Å². The van der Waals surface area contributed by atoms with E-state index < -0.39 is 10.0 Å². The Morgan fingerprint density at radius 1 is 1.38 bits per heavy atom. The standard InChI is InChI=1S/C13H24N4O2S2/c1-4-5-14-11(2)12-10-15-13(20-12)16-6-8-17(9-7-16)21(3,18)19/h10-11,14H,4-9H2,1-3H3. The number of nitrogens with one attached hydrogen (secondary N) is 1. The van der Waals surface area contributed by atoms with Crippen molar-refractivity contribution in [1.29, 1.82) is 0 Å². The molecule has 1 N–H and O–H groups in total. The molecule has 0 saturated carbocycles. The Morgan fingerprint density at radius 2 is 2.05 bits per heavy atom. The zero-order valence-electron chi connectivity index (χ0n) is 12.9. The summed E-state index contributed by atoms with van der Waals surface area (Å²) in [7, 11) is -3.07. The molecule has 1 unspecified atom stereocenters. The zero-order valence-corrected chi connectivity index (χ0v) is 14.5. The van der Waals surface area contributed by atoms with E-state index in [1.807, 2.05) is 6.20 Å². The molecular formula is C13H24N4O2S2. The van der Waals surface area contributed by atoms with E-state index in [1.54, 1.807) is 11.3 Å². The molecule has 0 radical (unpaired) electrons. The highest BCUT2D eigenvalue weighted by Gasteiger charge is 2.25. The van der Waals surface area contributed by atoms with Gasteiger partial charge in [-0.15, -0.1) is 11.3 Å². The number of hydrogen-bond donors (Lipinski definition) is 1. The number of aromatic nitrogens is 1. The Hall–Kier alpha value is -0.700. The average Bonchev–Trinajstić information content (AvgIpc) is 2.94. The van der Waals surface area contributed by atoms with Crippen molar-refractivity contribution in [2.75, 3.05) is 43.9 Å². The summed E-state index contributed by atoms with van der Waals surface area (Å²) in [6.45, 7) is 7.79. The number of anilines is 1. The first-order valence-electron chi connectivity index (χ1n) is 7.31. The summed E-state index contributed by atoms with van der Waals surface area (Å²) < 4.78 is 24.6. The van der Waals surface area contributed by atoms with Gasteiger partial charge in [-0.3, -0.25) is 0 Å². The molecular weight excluding hydrogens is 308 g/mol. The van der Waals surface area contributed by atoms with Gasteiger partial charge < -0.3 is 10.2 Å². The van der Waals surface area contributed by atoms with Crippen LogP contribution in [0.15, 0.2) is 6.20 Å². The molecule has 1 atom stereocenters. The van der Waals surface area contributed by atoms with Gasteiger partial charge in [-0.2, -0.15) is 4.31 Å². The third kappa shape index (κ3) is 4.38. The quantitative estimate of drug-likeness (QED) is 0.850. The van der Waals surface area contributed by atoms with Gasteiger partial charge >= 0.3 is 0 Å². The SMILES string of the molecule is CCCNC(C)c1cnc(N2CCN(S(C)(=O)=O)CC2)s1. The molecule has 0 amide bonds. The predicted octanol–water partition coefficient (Wildman–Crippen LogP) is 1.29. The molecule has 1 aromatic heterocycles. The molecule has 1 fully saturated rings. The van der Waals surface area contributed by atoms with Crippen LogP contribution in [0.4, 0.5) is 5.13 Å². The van der Waals surface area contributed by atoms with Crippen LogP contribution in [0.25, 0.3) is 0 Å². The van der Waals surface area contributed by atoms with Crippen LogP contribution < -0.4 is 10.2 Å². The highest BCUT2D eigenvalue weighted by Crippen LogP contribution is 2.28. The Bertz CT molecular complexity index is 550. The van der Waals surface area contributed by atoms with Crippen LogP contribution in [0.2, 0.25) is 0 Å².